The molecule has 0 aromatic heterocycles. The second-order valence-electron chi connectivity index (χ2n) is 5.92. The number of aryl methyl sites for hydroxylation is 2. The minimum absolute atomic E-state index is 0.0102. The molecule has 1 atom stereocenters. The van der Waals surface area contributed by atoms with Crippen molar-refractivity contribution >= 4 is 5.91 Å². The molecule has 3 heteroatoms. The molecule has 1 N–H and O–H groups in total. The van der Waals surface area contributed by atoms with Crippen molar-refractivity contribution in [3.8, 4) is 0 Å². The van der Waals surface area contributed by atoms with Crippen LogP contribution in [0.5, 0.6) is 0 Å². The number of likely N-dealkylation sites (N-methyl/N-ethyl adjacent to an activating group) is 1. The largest absolute Gasteiger partial charge is 0.350 e. The van der Waals surface area contributed by atoms with Gasteiger partial charge in [0.2, 0.25) is 0 Å². The van der Waals surface area contributed by atoms with Crippen molar-refractivity contribution in [2.24, 2.45) is 0 Å². The molecule has 2 aromatic carbocycles. The lowest BCUT2D eigenvalue weighted by Gasteiger charge is -2.25. The molecule has 0 aliphatic heterocycles. The smallest absolute Gasteiger partial charge is 0.251 e. The highest BCUT2D eigenvalue weighted by Crippen LogP contribution is 2.17. The molecule has 1 amide bonds. The van der Waals surface area contributed by atoms with E-state index in [1.54, 1.807) is 0 Å². The standard InChI is InChI=1S/C19H24N2O/c1-14-10-11-15(2)17(12-14)19(22)20-13-18(21(3)4)16-8-6-5-7-9-16/h5-12,18H,13H2,1-4H3,(H,20,22)/t18-/m0/s1. The highest BCUT2D eigenvalue weighted by atomic mass is 16.1. The average molecular weight is 296 g/mol. The Bertz CT molecular complexity index is 635. The van der Waals surface area contributed by atoms with Crippen LogP contribution in [0.25, 0.3) is 0 Å². The van der Waals surface area contributed by atoms with Crippen molar-refractivity contribution in [2.75, 3.05) is 20.6 Å². The van der Waals surface area contributed by atoms with Gasteiger partial charge in [0.1, 0.15) is 0 Å². The topological polar surface area (TPSA) is 32.3 Å². The fourth-order valence-electron chi connectivity index (χ4n) is 2.54. The Labute approximate surface area is 133 Å². The molecule has 0 radical (unpaired) electrons. The molecular weight excluding hydrogens is 272 g/mol. The van der Waals surface area contributed by atoms with Crippen LogP contribution < -0.4 is 5.32 Å². The van der Waals surface area contributed by atoms with Crippen molar-refractivity contribution in [3.05, 3.63) is 70.8 Å². The van der Waals surface area contributed by atoms with Crippen LogP contribution in [0, 0.1) is 13.8 Å². The third-order valence-electron chi connectivity index (χ3n) is 3.90. The molecule has 2 rings (SSSR count). The minimum atomic E-state index is -0.0102. The quantitative estimate of drug-likeness (QED) is 0.918. The Morgan fingerprint density at radius 2 is 1.77 bits per heavy atom. The van der Waals surface area contributed by atoms with Gasteiger partial charge in [-0.2, -0.15) is 0 Å². The molecule has 0 aliphatic carbocycles. The second kappa shape index (κ2) is 7.23. The van der Waals surface area contributed by atoms with Crippen LogP contribution in [0.15, 0.2) is 48.5 Å². The molecule has 0 spiro atoms. The summed E-state index contributed by atoms with van der Waals surface area (Å²) in [6.07, 6.45) is 0. The SMILES string of the molecule is Cc1ccc(C)c(C(=O)NC[C@@H](c2ccccc2)N(C)C)c1. The maximum Gasteiger partial charge on any atom is 0.251 e. The Morgan fingerprint density at radius 1 is 1.09 bits per heavy atom. The molecule has 0 unspecified atom stereocenters. The van der Waals surface area contributed by atoms with Gasteiger partial charge in [0.15, 0.2) is 0 Å². The first-order chi connectivity index (χ1) is 10.5. The fraction of sp³-hybridized carbons (Fsp3) is 0.316. The van der Waals surface area contributed by atoms with E-state index in [1.165, 1.54) is 5.56 Å². The fourth-order valence-corrected chi connectivity index (χ4v) is 2.54. The monoisotopic (exact) mass is 296 g/mol. The molecule has 0 fully saturated rings. The first kappa shape index (κ1) is 16.2. The summed E-state index contributed by atoms with van der Waals surface area (Å²) >= 11 is 0. The summed E-state index contributed by atoms with van der Waals surface area (Å²) in [6.45, 7) is 4.56. The van der Waals surface area contributed by atoms with E-state index >= 15 is 0 Å². The van der Waals surface area contributed by atoms with Crippen LogP contribution in [0.2, 0.25) is 0 Å². The van der Waals surface area contributed by atoms with E-state index in [1.807, 2.05) is 64.3 Å². The third kappa shape index (κ3) is 3.95. The first-order valence-corrected chi connectivity index (χ1v) is 7.56. The highest BCUT2D eigenvalue weighted by molar-refractivity contribution is 5.95. The van der Waals surface area contributed by atoms with E-state index < -0.39 is 0 Å². The van der Waals surface area contributed by atoms with Gasteiger partial charge >= 0.3 is 0 Å². The van der Waals surface area contributed by atoms with Gasteiger partial charge in [0, 0.05) is 12.1 Å². The predicted octanol–water partition coefficient (Wildman–Crippen LogP) is 3.34. The molecule has 0 heterocycles. The van der Waals surface area contributed by atoms with Gasteiger partial charge in [-0.3, -0.25) is 4.79 Å². The van der Waals surface area contributed by atoms with Crippen LogP contribution >= 0.6 is 0 Å². The highest BCUT2D eigenvalue weighted by Gasteiger charge is 2.16. The van der Waals surface area contributed by atoms with E-state index in [0.29, 0.717) is 6.54 Å². The normalized spacial score (nSPS) is 12.2. The molecule has 0 saturated carbocycles. The Balaban J connectivity index is 2.10. The Morgan fingerprint density at radius 3 is 2.41 bits per heavy atom. The Hall–Kier alpha value is -2.13. The first-order valence-electron chi connectivity index (χ1n) is 7.56. The molecule has 22 heavy (non-hydrogen) atoms. The molecule has 3 nitrogen and oxygen atoms in total. The molecular formula is C19H24N2O. The number of nitrogens with one attached hydrogen (secondary N) is 1. The predicted molar refractivity (Wildman–Crippen MR) is 91.1 cm³/mol. The van der Waals surface area contributed by atoms with Gasteiger partial charge in [-0.1, -0.05) is 48.0 Å². The molecule has 0 bridgehead atoms. The Kier molecular flexibility index (Phi) is 5.34. The summed E-state index contributed by atoms with van der Waals surface area (Å²) in [5.74, 6) is -0.0102. The summed E-state index contributed by atoms with van der Waals surface area (Å²) in [4.78, 5) is 14.6. The molecule has 2 aromatic rings. The van der Waals surface area contributed by atoms with E-state index in [0.717, 1.165) is 16.7 Å². The van der Waals surface area contributed by atoms with Crippen LogP contribution in [0.4, 0.5) is 0 Å². The van der Waals surface area contributed by atoms with Gasteiger partial charge in [0.25, 0.3) is 5.91 Å². The number of carbonyl (C=O) groups excluding carboxylic acids is 1. The van der Waals surface area contributed by atoms with Crippen molar-refractivity contribution in [3.63, 3.8) is 0 Å². The van der Waals surface area contributed by atoms with Crippen molar-refractivity contribution in [1.29, 1.82) is 0 Å². The number of nitrogens with zero attached hydrogens (tertiary/aromatic N) is 1. The number of hydrogen-bond donors (Lipinski definition) is 1. The van der Waals surface area contributed by atoms with Crippen molar-refractivity contribution < 1.29 is 4.79 Å². The number of hydrogen-bond acceptors (Lipinski definition) is 2. The number of benzene rings is 2. The lowest BCUT2D eigenvalue weighted by Crippen LogP contribution is -2.34. The van der Waals surface area contributed by atoms with Gasteiger partial charge in [0.05, 0.1) is 6.04 Å². The van der Waals surface area contributed by atoms with E-state index in [-0.39, 0.29) is 11.9 Å². The molecule has 0 saturated heterocycles. The van der Waals surface area contributed by atoms with Crippen LogP contribution in [0.1, 0.15) is 33.1 Å². The minimum Gasteiger partial charge on any atom is -0.350 e. The zero-order valence-electron chi connectivity index (χ0n) is 13.8. The van der Waals surface area contributed by atoms with Crippen molar-refractivity contribution in [2.45, 2.75) is 19.9 Å². The van der Waals surface area contributed by atoms with Gasteiger partial charge in [-0.25, -0.2) is 0 Å². The number of amides is 1. The lowest BCUT2D eigenvalue weighted by atomic mass is 10.0. The molecule has 0 aliphatic rings. The van der Waals surface area contributed by atoms with E-state index in [9.17, 15) is 4.79 Å². The summed E-state index contributed by atoms with van der Waals surface area (Å²) in [6, 6.07) is 16.4. The van der Waals surface area contributed by atoms with E-state index in [4.69, 9.17) is 0 Å². The summed E-state index contributed by atoms with van der Waals surface area (Å²) < 4.78 is 0. The summed E-state index contributed by atoms with van der Waals surface area (Å²) in [5, 5.41) is 3.07. The summed E-state index contributed by atoms with van der Waals surface area (Å²) in [5.41, 5.74) is 4.06. The number of carbonyl (C=O) groups is 1. The van der Waals surface area contributed by atoms with Crippen LogP contribution in [-0.4, -0.2) is 31.4 Å². The average Bonchev–Trinajstić information content (AvgIpc) is 2.50. The number of rotatable bonds is 5. The van der Waals surface area contributed by atoms with Gasteiger partial charge < -0.3 is 10.2 Å². The third-order valence-corrected chi connectivity index (χ3v) is 3.90. The zero-order chi connectivity index (χ0) is 16.1. The maximum absolute atomic E-state index is 12.4. The lowest BCUT2D eigenvalue weighted by molar-refractivity contribution is 0.0941. The van der Waals surface area contributed by atoms with Crippen LogP contribution in [-0.2, 0) is 0 Å². The van der Waals surface area contributed by atoms with E-state index in [2.05, 4.69) is 22.3 Å². The second-order valence-corrected chi connectivity index (χ2v) is 5.92. The molecule has 116 valence electrons. The zero-order valence-corrected chi connectivity index (χ0v) is 13.8. The van der Waals surface area contributed by atoms with Crippen molar-refractivity contribution in [1.82, 2.24) is 10.2 Å². The van der Waals surface area contributed by atoms with Gasteiger partial charge in [-0.05, 0) is 45.1 Å². The summed E-state index contributed by atoms with van der Waals surface area (Å²) in [7, 11) is 4.06. The maximum atomic E-state index is 12.4. The van der Waals surface area contributed by atoms with Gasteiger partial charge in [-0.15, -0.1) is 0 Å². The van der Waals surface area contributed by atoms with Crippen LogP contribution in [0.3, 0.4) is 0 Å².